The third-order valence-electron chi connectivity index (χ3n) is 9.06. The lowest BCUT2D eigenvalue weighted by Crippen LogP contribution is -2.34. The van der Waals surface area contributed by atoms with E-state index in [1.165, 1.54) is 16.7 Å². The van der Waals surface area contributed by atoms with Crippen LogP contribution in [-0.4, -0.2) is 60.5 Å². The van der Waals surface area contributed by atoms with E-state index in [2.05, 4.69) is 67.1 Å². The summed E-state index contributed by atoms with van der Waals surface area (Å²) in [5.41, 5.74) is 6.92. The normalized spacial score (nSPS) is 14.3. The zero-order valence-electron chi connectivity index (χ0n) is 29.1. The van der Waals surface area contributed by atoms with Crippen molar-refractivity contribution in [1.29, 1.82) is 0 Å². The van der Waals surface area contributed by atoms with Crippen LogP contribution in [0.2, 0.25) is 0 Å². The third kappa shape index (κ3) is 7.64. The van der Waals surface area contributed by atoms with Gasteiger partial charge >= 0.3 is 0 Å². The average molecular weight is 673 g/mol. The molecule has 4 aromatic carbocycles. The van der Waals surface area contributed by atoms with E-state index in [4.69, 9.17) is 28.4 Å². The van der Waals surface area contributed by atoms with Crippen LogP contribution in [-0.2, 0) is 31.4 Å². The first kappa shape index (κ1) is 35.3. The maximum absolute atomic E-state index is 6.92. The maximum Gasteiger partial charge on any atom is 0.204 e. The van der Waals surface area contributed by atoms with E-state index in [0.29, 0.717) is 52.4 Å². The van der Waals surface area contributed by atoms with Crippen LogP contribution in [0.15, 0.2) is 60.7 Å². The Morgan fingerprint density at radius 3 is 2.08 bits per heavy atom. The summed E-state index contributed by atoms with van der Waals surface area (Å²) in [5.74, 6) is 5.89. The number of nitrogens with zero attached hydrogens (tertiary/aromatic N) is 1. The van der Waals surface area contributed by atoms with Crippen LogP contribution in [0.3, 0.4) is 0 Å². The van der Waals surface area contributed by atoms with Gasteiger partial charge in [0, 0.05) is 23.9 Å². The van der Waals surface area contributed by atoms with Gasteiger partial charge in [-0.25, -0.2) is 0 Å². The Kier molecular flexibility index (Phi) is 12.0. The Labute approximate surface area is 290 Å². The van der Waals surface area contributed by atoms with E-state index >= 15 is 0 Å². The van der Waals surface area contributed by atoms with Crippen molar-refractivity contribution in [2.24, 2.45) is 0 Å². The van der Waals surface area contributed by atoms with E-state index in [0.717, 1.165) is 54.8 Å². The number of benzene rings is 4. The lowest BCUT2D eigenvalue weighted by molar-refractivity contribution is 0.221. The molecule has 0 bridgehead atoms. The SMILES string of the molecule is CCc1cc(Oc2c(OC)c(OC)cc3c2[C@H](Cc2ccc(OC)c(Oc4ccc(CS)cc4)c2)N(C)CC3)c(OC)cc1CCNC. The number of hydrogen-bond donors (Lipinski definition) is 2. The summed E-state index contributed by atoms with van der Waals surface area (Å²) >= 11 is 4.37. The summed E-state index contributed by atoms with van der Waals surface area (Å²) in [4.78, 5) is 2.37. The second kappa shape index (κ2) is 16.4. The molecule has 0 fully saturated rings. The molecule has 0 aliphatic carbocycles. The van der Waals surface area contributed by atoms with Gasteiger partial charge in [-0.2, -0.15) is 12.6 Å². The molecule has 4 aromatic rings. The van der Waals surface area contributed by atoms with Crippen molar-refractivity contribution in [2.75, 3.05) is 55.6 Å². The average Bonchev–Trinajstić information content (AvgIpc) is 3.12. The second-order valence-corrected chi connectivity index (χ2v) is 12.3. The van der Waals surface area contributed by atoms with E-state index in [9.17, 15) is 0 Å². The summed E-state index contributed by atoms with van der Waals surface area (Å²) in [6, 6.07) is 20.3. The van der Waals surface area contributed by atoms with Gasteiger partial charge in [0.2, 0.25) is 5.75 Å². The summed E-state index contributed by atoms with van der Waals surface area (Å²) in [6.45, 7) is 3.92. The Morgan fingerprint density at radius 1 is 0.750 bits per heavy atom. The fraction of sp³-hybridized carbons (Fsp3) is 0.385. The van der Waals surface area contributed by atoms with E-state index in [1.54, 1.807) is 28.4 Å². The van der Waals surface area contributed by atoms with Crippen LogP contribution in [0.1, 0.15) is 46.3 Å². The van der Waals surface area contributed by atoms with Gasteiger partial charge in [0.05, 0.1) is 28.4 Å². The number of aryl methyl sites for hydroxylation is 1. The first-order valence-corrected chi connectivity index (χ1v) is 17.1. The van der Waals surface area contributed by atoms with E-state index in [-0.39, 0.29) is 6.04 Å². The van der Waals surface area contributed by atoms with Gasteiger partial charge in [0.25, 0.3) is 0 Å². The summed E-state index contributed by atoms with van der Waals surface area (Å²) in [7, 11) is 10.8. The topological polar surface area (TPSA) is 70.7 Å². The predicted octanol–water partition coefficient (Wildman–Crippen LogP) is 7.83. The molecule has 1 N–H and O–H groups in total. The van der Waals surface area contributed by atoms with Crippen LogP contribution >= 0.6 is 12.6 Å². The highest BCUT2D eigenvalue weighted by Crippen LogP contribution is 2.51. The van der Waals surface area contributed by atoms with Gasteiger partial charge in [-0.15, -0.1) is 0 Å². The second-order valence-electron chi connectivity index (χ2n) is 11.9. The smallest absolute Gasteiger partial charge is 0.204 e. The van der Waals surface area contributed by atoms with E-state index in [1.807, 2.05) is 37.4 Å². The highest BCUT2D eigenvalue weighted by molar-refractivity contribution is 7.79. The number of thiol groups is 1. The van der Waals surface area contributed by atoms with E-state index < -0.39 is 0 Å². The molecule has 0 saturated heterocycles. The molecule has 0 radical (unpaired) electrons. The number of methoxy groups -OCH3 is 4. The molecule has 0 unspecified atom stereocenters. The summed E-state index contributed by atoms with van der Waals surface area (Å²) < 4.78 is 36.7. The molecular weight excluding hydrogens is 625 g/mol. The van der Waals surface area contributed by atoms with Crippen molar-refractivity contribution in [1.82, 2.24) is 10.2 Å². The molecule has 0 aromatic heterocycles. The van der Waals surface area contributed by atoms with Crippen LogP contribution in [0.4, 0.5) is 0 Å². The van der Waals surface area contributed by atoms with Crippen LogP contribution in [0.5, 0.6) is 46.0 Å². The summed E-state index contributed by atoms with van der Waals surface area (Å²) in [6.07, 6.45) is 3.32. The molecule has 5 rings (SSSR count). The van der Waals surface area contributed by atoms with Crippen molar-refractivity contribution in [3.8, 4) is 46.0 Å². The molecular formula is C39H48N2O6S. The van der Waals surface area contributed by atoms with Crippen molar-refractivity contribution in [3.05, 3.63) is 94.0 Å². The Morgan fingerprint density at radius 2 is 1.44 bits per heavy atom. The predicted molar refractivity (Wildman–Crippen MR) is 195 cm³/mol. The highest BCUT2D eigenvalue weighted by Gasteiger charge is 2.33. The van der Waals surface area contributed by atoms with Crippen LogP contribution in [0, 0.1) is 0 Å². The molecule has 0 spiro atoms. The fourth-order valence-electron chi connectivity index (χ4n) is 6.39. The highest BCUT2D eigenvalue weighted by atomic mass is 32.1. The Hall–Kier alpha value is -4.05. The van der Waals surface area contributed by atoms with Crippen LogP contribution in [0.25, 0.3) is 0 Å². The van der Waals surface area contributed by atoms with Crippen molar-refractivity contribution in [3.63, 3.8) is 0 Å². The first-order valence-electron chi connectivity index (χ1n) is 16.4. The number of fused-ring (bicyclic) bond motifs is 1. The van der Waals surface area contributed by atoms with Gasteiger partial charge in [0.15, 0.2) is 34.5 Å². The minimum Gasteiger partial charge on any atom is -0.493 e. The standard InChI is InChI=1S/C39H48N2O6S/c1-8-27-21-35(33(43-5)22-28(27)15-17-40-2)47-39-37-29(23-36(44-6)38(39)45-7)16-18-41(3)31(37)19-26-11-14-32(42-4)34(20-26)46-30-12-9-25(24-48)10-13-30/h9-14,20-23,31,40,48H,8,15-19,24H2,1-7H3/t31-/m0/s1. The molecule has 1 aliphatic heterocycles. The minimum absolute atomic E-state index is 0.0222. The molecule has 48 heavy (non-hydrogen) atoms. The minimum atomic E-state index is -0.0222. The zero-order chi connectivity index (χ0) is 34.2. The Bertz CT molecular complexity index is 1690. The molecule has 1 aliphatic rings. The fourth-order valence-corrected chi connectivity index (χ4v) is 6.60. The number of likely N-dealkylation sites (N-methyl/N-ethyl adjacent to an activating group) is 2. The molecule has 256 valence electrons. The Balaban J connectivity index is 1.57. The lowest BCUT2D eigenvalue weighted by atomic mass is 9.87. The molecule has 8 nitrogen and oxygen atoms in total. The number of nitrogens with one attached hydrogen (secondary N) is 1. The number of ether oxygens (including phenoxy) is 6. The van der Waals surface area contributed by atoms with Gasteiger partial charge in [-0.1, -0.05) is 25.1 Å². The molecule has 0 saturated carbocycles. The molecule has 0 amide bonds. The zero-order valence-corrected chi connectivity index (χ0v) is 30.0. The largest absolute Gasteiger partial charge is 0.493 e. The van der Waals surface area contributed by atoms with Gasteiger partial charge in [-0.05, 0) is 117 Å². The van der Waals surface area contributed by atoms with Crippen LogP contribution < -0.4 is 33.7 Å². The molecule has 9 heteroatoms. The van der Waals surface area contributed by atoms with Crippen molar-refractivity contribution >= 4 is 12.6 Å². The summed E-state index contributed by atoms with van der Waals surface area (Å²) in [5, 5.41) is 3.25. The quantitative estimate of drug-likeness (QED) is 0.124. The maximum atomic E-state index is 6.92. The van der Waals surface area contributed by atoms with Gasteiger partial charge in [-0.3, -0.25) is 4.90 Å². The lowest BCUT2D eigenvalue weighted by Gasteiger charge is -2.37. The monoisotopic (exact) mass is 672 g/mol. The van der Waals surface area contributed by atoms with Crippen molar-refractivity contribution < 1.29 is 28.4 Å². The third-order valence-corrected chi connectivity index (χ3v) is 9.43. The molecule has 1 atom stereocenters. The van der Waals surface area contributed by atoms with Gasteiger partial charge in [0.1, 0.15) is 5.75 Å². The number of rotatable bonds is 15. The van der Waals surface area contributed by atoms with Crippen molar-refractivity contribution in [2.45, 2.75) is 44.4 Å². The molecule has 1 heterocycles. The van der Waals surface area contributed by atoms with Gasteiger partial charge < -0.3 is 33.7 Å². The first-order chi connectivity index (χ1) is 23.4. The number of hydrogen-bond acceptors (Lipinski definition) is 9.